The Balaban J connectivity index is 2.11. The number of halogens is 2. The Morgan fingerprint density at radius 1 is 1.16 bits per heavy atom. The van der Waals surface area contributed by atoms with E-state index in [-0.39, 0.29) is 5.78 Å². The minimum absolute atomic E-state index is 0.149. The number of rotatable bonds is 2. The maximum Gasteiger partial charge on any atom is 0.194 e. The van der Waals surface area contributed by atoms with Crippen molar-refractivity contribution in [1.29, 1.82) is 0 Å². The molecule has 0 amide bonds. The lowest BCUT2D eigenvalue weighted by Gasteiger charge is -2.01. The van der Waals surface area contributed by atoms with Crippen molar-refractivity contribution in [3.8, 4) is 0 Å². The molecule has 3 rings (SSSR count). The van der Waals surface area contributed by atoms with Crippen LogP contribution in [0.25, 0.3) is 10.1 Å². The highest BCUT2D eigenvalue weighted by atomic mass is 79.9. The van der Waals surface area contributed by atoms with Crippen LogP contribution < -0.4 is 0 Å². The molecule has 94 valence electrons. The smallest absolute Gasteiger partial charge is 0.194 e. The van der Waals surface area contributed by atoms with Crippen LogP contribution in [0.3, 0.4) is 0 Å². The van der Waals surface area contributed by atoms with E-state index in [0.29, 0.717) is 15.6 Å². The maximum atomic E-state index is 13.5. The normalized spacial score (nSPS) is 10.8. The standard InChI is InChI=1S/C15H8BrFOS/c16-12-6-5-9(7-13(12)17)15(18)11-8-19-14-4-2-1-3-10(11)14/h1-8H. The molecule has 1 aromatic heterocycles. The summed E-state index contributed by atoms with van der Waals surface area (Å²) >= 11 is 4.60. The minimum atomic E-state index is -0.426. The van der Waals surface area contributed by atoms with Gasteiger partial charge in [-0.3, -0.25) is 4.79 Å². The highest BCUT2D eigenvalue weighted by Gasteiger charge is 2.15. The van der Waals surface area contributed by atoms with E-state index in [2.05, 4.69) is 15.9 Å². The van der Waals surface area contributed by atoms with Crippen LogP contribution in [-0.4, -0.2) is 5.78 Å². The summed E-state index contributed by atoms with van der Waals surface area (Å²) in [4.78, 5) is 12.4. The van der Waals surface area contributed by atoms with Crippen molar-refractivity contribution >= 4 is 43.1 Å². The van der Waals surface area contributed by atoms with Crippen molar-refractivity contribution in [1.82, 2.24) is 0 Å². The highest BCUT2D eigenvalue weighted by molar-refractivity contribution is 9.10. The van der Waals surface area contributed by atoms with Crippen LogP contribution >= 0.6 is 27.3 Å². The first-order valence-corrected chi connectivity index (χ1v) is 7.30. The van der Waals surface area contributed by atoms with Crippen molar-refractivity contribution < 1.29 is 9.18 Å². The maximum absolute atomic E-state index is 13.5. The van der Waals surface area contributed by atoms with Crippen molar-refractivity contribution in [3.05, 3.63) is 69.3 Å². The van der Waals surface area contributed by atoms with Crippen molar-refractivity contribution in [2.45, 2.75) is 0 Å². The summed E-state index contributed by atoms with van der Waals surface area (Å²) in [6.45, 7) is 0. The molecule has 0 saturated carbocycles. The van der Waals surface area contributed by atoms with E-state index >= 15 is 0 Å². The zero-order valence-corrected chi connectivity index (χ0v) is 12.1. The fourth-order valence-electron chi connectivity index (χ4n) is 1.95. The third-order valence-electron chi connectivity index (χ3n) is 2.91. The zero-order valence-electron chi connectivity index (χ0n) is 9.69. The molecule has 0 aliphatic rings. The number of carbonyl (C=O) groups excluding carboxylic acids is 1. The van der Waals surface area contributed by atoms with E-state index in [1.54, 1.807) is 12.1 Å². The largest absolute Gasteiger partial charge is 0.289 e. The summed E-state index contributed by atoms with van der Waals surface area (Å²) in [5.74, 6) is -0.575. The number of ketones is 1. The Kier molecular flexibility index (Phi) is 3.21. The van der Waals surface area contributed by atoms with Crippen LogP contribution in [0.1, 0.15) is 15.9 Å². The van der Waals surface area contributed by atoms with E-state index in [1.165, 1.54) is 17.4 Å². The number of benzene rings is 2. The zero-order chi connectivity index (χ0) is 13.4. The number of hydrogen-bond acceptors (Lipinski definition) is 2. The van der Waals surface area contributed by atoms with Gasteiger partial charge in [-0.15, -0.1) is 11.3 Å². The van der Waals surface area contributed by atoms with Gasteiger partial charge < -0.3 is 0 Å². The van der Waals surface area contributed by atoms with Crippen molar-refractivity contribution in [3.63, 3.8) is 0 Å². The molecule has 0 radical (unpaired) electrons. The van der Waals surface area contributed by atoms with Gasteiger partial charge in [-0.25, -0.2) is 4.39 Å². The molecule has 0 aliphatic carbocycles. The fourth-order valence-corrected chi connectivity index (χ4v) is 3.13. The molecule has 0 fully saturated rings. The Morgan fingerprint density at radius 2 is 1.95 bits per heavy atom. The number of hydrogen-bond donors (Lipinski definition) is 0. The van der Waals surface area contributed by atoms with Gasteiger partial charge in [0.15, 0.2) is 5.78 Å². The topological polar surface area (TPSA) is 17.1 Å². The summed E-state index contributed by atoms with van der Waals surface area (Å²) in [7, 11) is 0. The molecule has 3 aromatic rings. The highest BCUT2D eigenvalue weighted by Crippen LogP contribution is 2.28. The molecule has 0 saturated heterocycles. The number of carbonyl (C=O) groups is 1. The molecule has 2 aromatic carbocycles. The second-order valence-electron chi connectivity index (χ2n) is 4.10. The van der Waals surface area contributed by atoms with E-state index < -0.39 is 5.82 Å². The van der Waals surface area contributed by atoms with Gasteiger partial charge in [0.05, 0.1) is 4.47 Å². The van der Waals surface area contributed by atoms with Crippen molar-refractivity contribution in [2.24, 2.45) is 0 Å². The summed E-state index contributed by atoms with van der Waals surface area (Å²) < 4.78 is 14.9. The molecule has 4 heteroatoms. The van der Waals surface area contributed by atoms with E-state index in [1.807, 2.05) is 29.6 Å². The molecule has 1 nitrogen and oxygen atoms in total. The van der Waals surface area contributed by atoms with E-state index in [9.17, 15) is 9.18 Å². The Morgan fingerprint density at radius 3 is 2.74 bits per heavy atom. The Bertz CT molecular complexity index is 779. The fraction of sp³-hybridized carbons (Fsp3) is 0. The summed E-state index contributed by atoms with van der Waals surface area (Å²) in [6.07, 6.45) is 0. The van der Waals surface area contributed by atoms with E-state index in [0.717, 1.165) is 10.1 Å². The average molecular weight is 335 g/mol. The lowest BCUT2D eigenvalue weighted by Crippen LogP contribution is -2.00. The summed E-state index contributed by atoms with van der Waals surface area (Å²) in [5.41, 5.74) is 0.992. The van der Waals surface area contributed by atoms with Gasteiger partial charge in [0, 0.05) is 26.6 Å². The third-order valence-corrected chi connectivity index (χ3v) is 4.51. The molecule has 0 spiro atoms. The predicted molar refractivity (Wildman–Crippen MR) is 79.4 cm³/mol. The quantitative estimate of drug-likeness (QED) is 0.600. The first-order valence-electron chi connectivity index (χ1n) is 5.63. The van der Waals surface area contributed by atoms with Crippen LogP contribution in [0.5, 0.6) is 0 Å². The van der Waals surface area contributed by atoms with Crippen LogP contribution in [0.15, 0.2) is 52.3 Å². The lowest BCUT2D eigenvalue weighted by molar-refractivity contribution is 0.104. The predicted octanol–water partition coefficient (Wildman–Crippen LogP) is 5.03. The van der Waals surface area contributed by atoms with Gasteiger partial charge in [-0.05, 0) is 40.2 Å². The molecule has 0 N–H and O–H groups in total. The van der Waals surface area contributed by atoms with Crippen LogP contribution in [0, 0.1) is 5.82 Å². The number of fused-ring (bicyclic) bond motifs is 1. The molecular weight excluding hydrogens is 327 g/mol. The van der Waals surface area contributed by atoms with Gasteiger partial charge in [-0.1, -0.05) is 18.2 Å². The van der Waals surface area contributed by atoms with Gasteiger partial charge >= 0.3 is 0 Å². The first kappa shape index (κ1) is 12.5. The minimum Gasteiger partial charge on any atom is -0.289 e. The van der Waals surface area contributed by atoms with Gasteiger partial charge in [0.1, 0.15) is 5.82 Å². The van der Waals surface area contributed by atoms with Crippen LogP contribution in [0.2, 0.25) is 0 Å². The SMILES string of the molecule is O=C(c1ccc(Br)c(F)c1)c1csc2ccccc12. The van der Waals surface area contributed by atoms with Crippen LogP contribution in [-0.2, 0) is 0 Å². The molecule has 0 unspecified atom stereocenters. The Hall–Kier alpha value is -1.52. The Labute approximate surface area is 121 Å². The summed E-state index contributed by atoms with van der Waals surface area (Å²) in [6, 6.07) is 12.2. The van der Waals surface area contributed by atoms with Gasteiger partial charge in [0.25, 0.3) is 0 Å². The molecule has 0 aliphatic heterocycles. The average Bonchev–Trinajstić information content (AvgIpc) is 2.85. The van der Waals surface area contributed by atoms with Gasteiger partial charge in [-0.2, -0.15) is 0 Å². The molecule has 0 atom stereocenters. The molecule has 19 heavy (non-hydrogen) atoms. The first-order chi connectivity index (χ1) is 9.16. The number of thiophene rings is 1. The lowest BCUT2D eigenvalue weighted by atomic mass is 10.0. The van der Waals surface area contributed by atoms with E-state index in [4.69, 9.17) is 0 Å². The molecular formula is C15H8BrFOS. The third kappa shape index (κ3) is 2.22. The van der Waals surface area contributed by atoms with Gasteiger partial charge in [0.2, 0.25) is 0 Å². The second-order valence-corrected chi connectivity index (χ2v) is 5.87. The molecule has 0 bridgehead atoms. The van der Waals surface area contributed by atoms with Crippen molar-refractivity contribution in [2.75, 3.05) is 0 Å². The monoisotopic (exact) mass is 334 g/mol. The summed E-state index contributed by atoms with van der Waals surface area (Å²) in [5, 5.41) is 2.74. The van der Waals surface area contributed by atoms with Crippen LogP contribution in [0.4, 0.5) is 4.39 Å². The second kappa shape index (κ2) is 4.87. The molecule has 1 heterocycles.